The molecule has 21 heavy (non-hydrogen) atoms. The number of alkyl halides is 3. The molecule has 1 aliphatic rings. The highest BCUT2D eigenvalue weighted by atomic mass is 79.9. The van der Waals surface area contributed by atoms with Gasteiger partial charge in [0.2, 0.25) is 11.8 Å². The first-order chi connectivity index (χ1) is 9.76. The molecule has 1 heterocycles. The highest BCUT2D eigenvalue weighted by Crippen LogP contribution is 2.26. The van der Waals surface area contributed by atoms with Gasteiger partial charge < -0.3 is 10.2 Å². The van der Waals surface area contributed by atoms with Crippen molar-refractivity contribution in [3.8, 4) is 0 Å². The number of carbonyl (C=O) groups excluding carboxylic acids is 2. The molecule has 0 radical (unpaired) electrons. The minimum atomic E-state index is -4.45. The smallest absolute Gasteiger partial charge is 0.347 e. The predicted octanol–water partition coefficient (Wildman–Crippen LogP) is 2.48. The summed E-state index contributed by atoms with van der Waals surface area (Å²) in [7, 11) is 0. The summed E-state index contributed by atoms with van der Waals surface area (Å²) in [6, 6.07) is 6.91. The number of nitrogens with one attached hydrogen (secondary N) is 1. The normalized spacial score (nSPS) is 19.0. The van der Waals surface area contributed by atoms with Crippen LogP contribution in [0.1, 0.15) is 6.42 Å². The van der Waals surface area contributed by atoms with Crippen molar-refractivity contribution in [1.29, 1.82) is 0 Å². The second-order valence-electron chi connectivity index (χ2n) is 4.71. The Morgan fingerprint density at radius 1 is 1.33 bits per heavy atom. The number of nitrogens with zero attached hydrogens (tertiary/aromatic N) is 1. The van der Waals surface area contributed by atoms with Gasteiger partial charge in [-0.1, -0.05) is 15.9 Å². The molecule has 0 bridgehead atoms. The van der Waals surface area contributed by atoms with E-state index in [4.69, 9.17) is 0 Å². The van der Waals surface area contributed by atoms with Gasteiger partial charge in [0.05, 0.1) is 5.92 Å². The topological polar surface area (TPSA) is 49.4 Å². The van der Waals surface area contributed by atoms with Crippen molar-refractivity contribution in [2.24, 2.45) is 5.92 Å². The van der Waals surface area contributed by atoms with Crippen molar-refractivity contribution < 1.29 is 22.8 Å². The maximum Gasteiger partial charge on any atom is 0.405 e. The molecule has 1 N–H and O–H groups in total. The zero-order chi connectivity index (χ0) is 15.6. The van der Waals surface area contributed by atoms with Crippen LogP contribution in [0, 0.1) is 5.92 Å². The lowest BCUT2D eigenvalue weighted by Crippen LogP contribution is -2.38. The van der Waals surface area contributed by atoms with Crippen molar-refractivity contribution in [2.75, 3.05) is 18.0 Å². The fraction of sp³-hybridized carbons (Fsp3) is 0.385. The van der Waals surface area contributed by atoms with E-state index in [0.29, 0.717) is 5.69 Å². The van der Waals surface area contributed by atoms with Crippen molar-refractivity contribution in [2.45, 2.75) is 12.6 Å². The standard InChI is InChI=1S/C13H12BrF3N2O2/c14-9-1-3-10(4-2-9)19-6-8(5-11(19)20)12(21)18-7-13(15,16)17/h1-4,8H,5-7H2,(H,18,21)/t8-/m0/s1. The Morgan fingerprint density at radius 2 is 1.95 bits per heavy atom. The van der Waals surface area contributed by atoms with E-state index in [1.165, 1.54) is 4.90 Å². The third-order valence-electron chi connectivity index (χ3n) is 3.10. The number of rotatable bonds is 3. The van der Waals surface area contributed by atoms with Gasteiger partial charge in [0.25, 0.3) is 0 Å². The molecule has 0 saturated carbocycles. The van der Waals surface area contributed by atoms with E-state index in [1.807, 2.05) is 5.32 Å². The molecule has 2 amide bonds. The molecule has 1 aliphatic heterocycles. The Balaban J connectivity index is 1.99. The van der Waals surface area contributed by atoms with Crippen LogP contribution in [-0.4, -0.2) is 31.1 Å². The summed E-state index contributed by atoms with van der Waals surface area (Å²) in [5.74, 6) is -1.78. The number of hydrogen-bond acceptors (Lipinski definition) is 2. The first kappa shape index (κ1) is 15.8. The molecule has 2 rings (SSSR count). The van der Waals surface area contributed by atoms with Crippen LogP contribution in [0.4, 0.5) is 18.9 Å². The average molecular weight is 365 g/mol. The third kappa shape index (κ3) is 4.20. The van der Waals surface area contributed by atoms with E-state index in [9.17, 15) is 22.8 Å². The van der Waals surface area contributed by atoms with Crippen molar-refractivity contribution >= 4 is 33.4 Å². The highest BCUT2D eigenvalue weighted by Gasteiger charge is 2.36. The number of hydrogen-bond donors (Lipinski definition) is 1. The SMILES string of the molecule is O=C(NCC(F)(F)F)[C@H]1CC(=O)N(c2ccc(Br)cc2)C1. The number of benzene rings is 1. The summed E-state index contributed by atoms with van der Waals surface area (Å²) in [6.07, 6.45) is -4.54. The summed E-state index contributed by atoms with van der Waals surface area (Å²) >= 11 is 3.27. The second kappa shape index (κ2) is 6.05. The van der Waals surface area contributed by atoms with E-state index in [1.54, 1.807) is 24.3 Å². The molecule has 1 fully saturated rings. The summed E-state index contributed by atoms with van der Waals surface area (Å²) < 4.78 is 37.0. The zero-order valence-electron chi connectivity index (χ0n) is 10.8. The first-order valence-corrected chi connectivity index (χ1v) is 6.96. The fourth-order valence-electron chi connectivity index (χ4n) is 2.09. The average Bonchev–Trinajstić information content (AvgIpc) is 2.78. The number of carbonyl (C=O) groups is 2. The molecule has 0 aliphatic carbocycles. The fourth-order valence-corrected chi connectivity index (χ4v) is 2.35. The number of anilines is 1. The maximum atomic E-state index is 12.1. The van der Waals surface area contributed by atoms with Gasteiger partial charge in [-0.3, -0.25) is 9.59 Å². The van der Waals surface area contributed by atoms with E-state index < -0.39 is 24.5 Å². The van der Waals surface area contributed by atoms with Crippen LogP contribution >= 0.6 is 15.9 Å². The molecule has 8 heteroatoms. The van der Waals surface area contributed by atoms with E-state index in [-0.39, 0.29) is 18.9 Å². The molecule has 1 aromatic rings. The molecule has 0 aromatic heterocycles. The summed E-state index contributed by atoms with van der Waals surface area (Å²) in [4.78, 5) is 25.0. The Kier molecular flexibility index (Phi) is 4.55. The molecule has 1 aromatic carbocycles. The van der Waals surface area contributed by atoms with Crippen LogP contribution in [0.3, 0.4) is 0 Å². The summed E-state index contributed by atoms with van der Waals surface area (Å²) in [5, 5.41) is 1.82. The molecule has 4 nitrogen and oxygen atoms in total. The Bertz CT molecular complexity index is 545. The van der Waals surface area contributed by atoms with Crippen LogP contribution in [0.2, 0.25) is 0 Å². The molecule has 114 valence electrons. The van der Waals surface area contributed by atoms with E-state index >= 15 is 0 Å². The molecular weight excluding hydrogens is 353 g/mol. The Hall–Kier alpha value is -1.57. The molecule has 0 unspecified atom stereocenters. The van der Waals surface area contributed by atoms with Gasteiger partial charge in [-0.15, -0.1) is 0 Å². The van der Waals surface area contributed by atoms with Gasteiger partial charge in [0.1, 0.15) is 6.54 Å². The van der Waals surface area contributed by atoms with Crippen LogP contribution in [0.5, 0.6) is 0 Å². The monoisotopic (exact) mass is 364 g/mol. The number of amides is 2. The van der Waals surface area contributed by atoms with Crippen LogP contribution in [0.15, 0.2) is 28.7 Å². The van der Waals surface area contributed by atoms with E-state index in [0.717, 1.165) is 4.47 Å². The maximum absolute atomic E-state index is 12.1. The summed E-state index contributed by atoms with van der Waals surface area (Å²) in [6.45, 7) is -1.29. The first-order valence-electron chi connectivity index (χ1n) is 6.16. The molecular formula is C13H12BrF3N2O2. The minimum absolute atomic E-state index is 0.0836. The third-order valence-corrected chi connectivity index (χ3v) is 3.63. The van der Waals surface area contributed by atoms with Crippen molar-refractivity contribution in [1.82, 2.24) is 5.32 Å². The second-order valence-corrected chi connectivity index (χ2v) is 5.63. The predicted molar refractivity (Wildman–Crippen MR) is 73.7 cm³/mol. The van der Waals surface area contributed by atoms with Gasteiger partial charge >= 0.3 is 6.18 Å². The summed E-state index contributed by atoms with van der Waals surface area (Å²) in [5.41, 5.74) is 0.620. The highest BCUT2D eigenvalue weighted by molar-refractivity contribution is 9.10. The quantitative estimate of drug-likeness (QED) is 0.895. The van der Waals surface area contributed by atoms with Gasteiger partial charge in [0, 0.05) is 23.1 Å². The van der Waals surface area contributed by atoms with Crippen LogP contribution in [-0.2, 0) is 9.59 Å². The van der Waals surface area contributed by atoms with Crippen molar-refractivity contribution in [3.63, 3.8) is 0 Å². The van der Waals surface area contributed by atoms with Gasteiger partial charge in [-0.25, -0.2) is 0 Å². The lowest BCUT2D eigenvalue weighted by atomic mass is 10.1. The van der Waals surface area contributed by atoms with Gasteiger partial charge in [-0.2, -0.15) is 13.2 Å². The lowest BCUT2D eigenvalue weighted by molar-refractivity contribution is -0.140. The lowest BCUT2D eigenvalue weighted by Gasteiger charge is -2.17. The van der Waals surface area contributed by atoms with Crippen LogP contribution < -0.4 is 10.2 Å². The largest absolute Gasteiger partial charge is 0.405 e. The minimum Gasteiger partial charge on any atom is -0.347 e. The zero-order valence-corrected chi connectivity index (χ0v) is 12.4. The van der Waals surface area contributed by atoms with Gasteiger partial charge in [0.15, 0.2) is 0 Å². The Morgan fingerprint density at radius 3 is 2.52 bits per heavy atom. The Labute approximate surface area is 127 Å². The molecule has 1 atom stereocenters. The van der Waals surface area contributed by atoms with Gasteiger partial charge in [-0.05, 0) is 24.3 Å². The molecule has 1 saturated heterocycles. The van der Waals surface area contributed by atoms with E-state index in [2.05, 4.69) is 15.9 Å². The van der Waals surface area contributed by atoms with Crippen LogP contribution in [0.25, 0.3) is 0 Å². The number of halogens is 4. The van der Waals surface area contributed by atoms with Crippen molar-refractivity contribution in [3.05, 3.63) is 28.7 Å². The molecule has 0 spiro atoms.